The Balaban J connectivity index is 2.98. The molecule has 0 fully saturated rings. The van der Waals surface area contributed by atoms with E-state index >= 15 is 0 Å². The first kappa shape index (κ1) is 9.74. The molecule has 0 heterocycles. The fourth-order valence-electron chi connectivity index (χ4n) is 1.20. The second-order valence-corrected chi connectivity index (χ2v) is 9.42. The molecule has 0 atom stereocenters. The molecule has 0 aliphatic carbocycles. The van der Waals surface area contributed by atoms with E-state index in [4.69, 9.17) is 0 Å². The Labute approximate surface area is 76.3 Å². The van der Waals surface area contributed by atoms with Crippen LogP contribution in [0, 0.1) is 0 Å². The third kappa shape index (κ3) is 1.87. The SMILES string of the molecule is CC(C)[PH](C)(C)c1ccccc1. The summed E-state index contributed by atoms with van der Waals surface area (Å²) in [5.41, 5.74) is 0.819. The van der Waals surface area contributed by atoms with Crippen LogP contribution < -0.4 is 5.30 Å². The Hall–Kier alpha value is -0.350. The number of rotatable bonds is 2. The van der Waals surface area contributed by atoms with Crippen LogP contribution in [0.3, 0.4) is 0 Å². The summed E-state index contributed by atoms with van der Waals surface area (Å²) in [7, 11) is -1.16. The van der Waals surface area contributed by atoms with E-state index in [0.29, 0.717) is 0 Å². The predicted octanol–water partition coefficient (Wildman–Crippen LogP) is 2.73. The van der Waals surface area contributed by atoms with Gasteiger partial charge in [-0.05, 0) is 0 Å². The van der Waals surface area contributed by atoms with Gasteiger partial charge in [-0.15, -0.1) is 0 Å². The topological polar surface area (TPSA) is 0 Å². The van der Waals surface area contributed by atoms with Crippen LogP contribution in [0.1, 0.15) is 13.8 Å². The van der Waals surface area contributed by atoms with Crippen molar-refractivity contribution >= 4 is 12.6 Å². The Morgan fingerprint density at radius 2 is 1.50 bits per heavy atom. The normalized spacial score (nSPS) is 13.4. The molecule has 0 bridgehead atoms. The van der Waals surface area contributed by atoms with E-state index in [-0.39, 0.29) is 0 Å². The van der Waals surface area contributed by atoms with Gasteiger partial charge in [0.25, 0.3) is 0 Å². The van der Waals surface area contributed by atoms with Crippen molar-refractivity contribution in [3.63, 3.8) is 0 Å². The zero-order valence-corrected chi connectivity index (χ0v) is 9.46. The quantitative estimate of drug-likeness (QED) is 0.617. The van der Waals surface area contributed by atoms with Crippen molar-refractivity contribution in [3.8, 4) is 0 Å². The first-order chi connectivity index (χ1) is 5.55. The van der Waals surface area contributed by atoms with Crippen LogP contribution in [-0.4, -0.2) is 19.0 Å². The molecule has 0 aliphatic rings. The minimum atomic E-state index is -1.16. The van der Waals surface area contributed by atoms with Crippen molar-refractivity contribution in [2.75, 3.05) is 13.3 Å². The van der Waals surface area contributed by atoms with Crippen LogP contribution in [0.4, 0.5) is 0 Å². The van der Waals surface area contributed by atoms with E-state index in [9.17, 15) is 0 Å². The molecule has 0 radical (unpaired) electrons. The fraction of sp³-hybridized carbons (Fsp3) is 0.455. The molecule has 0 aliphatic heterocycles. The number of hydrogen-bond donors (Lipinski definition) is 0. The van der Waals surface area contributed by atoms with E-state index in [1.54, 1.807) is 5.30 Å². The minimum absolute atomic E-state index is 0.819. The van der Waals surface area contributed by atoms with Crippen LogP contribution in [0.5, 0.6) is 0 Å². The van der Waals surface area contributed by atoms with E-state index < -0.39 is 7.26 Å². The van der Waals surface area contributed by atoms with Crippen molar-refractivity contribution in [2.45, 2.75) is 19.5 Å². The summed E-state index contributed by atoms with van der Waals surface area (Å²) in [6.07, 6.45) is 0. The molecule has 68 valence electrons. The van der Waals surface area contributed by atoms with Gasteiger partial charge >= 0.3 is 75.7 Å². The molecule has 1 aromatic rings. The Kier molecular flexibility index (Phi) is 2.90. The van der Waals surface area contributed by atoms with Crippen LogP contribution >= 0.6 is 7.26 Å². The molecule has 0 spiro atoms. The Morgan fingerprint density at radius 3 is 1.92 bits per heavy atom. The second kappa shape index (κ2) is 3.58. The predicted molar refractivity (Wildman–Crippen MR) is 61.4 cm³/mol. The summed E-state index contributed by atoms with van der Waals surface area (Å²) in [4.78, 5) is 0. The van der Waals surface area contributed by atoms with Gasteiger partial charge in [-0.1, -0.05) is 0 Å². The van der Waals surface area contributed by atoms with Gasteiger partial charge in [0.1, 0.15) is 0 Å². The maximum absolute atomic E-state index is 2.44. The van der Waals surface area contributed by atoms with Gasteiger partial charge in [0, 0.05) is 0 Å². The molecule has 0 nitrogen and oxygen atoms in total. The molecular weight excluding hydrogens is 163 g/mol. The van der Waals surface area contributed by atoms with Crippen LogP contribution in [0.2, 0.25) is 0 Å². The molecule has 12 heavy (non-hydrogen) atoms. The van der Waals surface area contributed by atoms with E-state index in [1.807, 2.05) is 0 Å². The zero-order valence-electron chi connectivity index (χ0n) is 8.46. The van der Waals surface area contributed by atoms with Gasteiger partial charge in [-0.2, -0.15) is 0 Å². The van der Waals surface area contributed by atoms with Crippen molar-refractivity contribution < 1.29 is 0 Å². The fourth-order valence-corrected chi connectivity index (χ4v) is 2.92. The molecule has 0 aromatic heterocycles. The third-order valence-corrected chi connectivity index (χ3v) is 7.67. The van der Waals surface area contributed by atoms with Crippen molar-refractivity contribution in [1.29, 1.82) is 0 Å². The standard InChI is InChI=1S/C11H19P/c1-10(2)12(3,4)11-8-6-5-7-9-11/h5-10,12H,1-4H3. The monoisotopic (exact) mass is 182 g/mol. The second-order valence-electron chi connectivity index (χ2n) is 4.24. The van der Waals surface area contributed by atoms with E-state index in [2.05, 4.69) is 57.5 Å². The summed E-state index contributed by atoms with van der Waals surface area (Å²) in [5, 5.41) is 1.57. The van der Waals surface area contributed by atoms with Crippen molar-refractivity contribution in [1.82, 2.24) is 0 Å². The van der Waals surface area contributed by atoms with E-state index in [0.717, 1.165) is 5.66 Å². The first-order valence-corrected chi connectivity index (χ1v) is 7.68. The molecule has 0 saturated heterocycles. The molecule has 1 rings (SSSR count). The molecule has 1 aromatic carbocycles. The summed E-state index contributed by atoms with van der Waals surface area (Å²) < 4.78 is 0. The third-order valence-electron chi connectivity index (χ3n) is 2.96. The number of benzene rings is 1. The number of hydrogen-bond acceptors (Lipinski definition) is 0. The van der Waals surface area contributed by atoms with E-state index in [1.165, 1.54) is 0 Å². The molecule has 0 unspecified atom stereocenters. The van der Waals surface area contributed by atoms with Gasteiger partial charge < -0.3 is 0 Å². The summed E-state index contributed by atoms with van der Waals surface area (Å²) in [6, 6.07) is 10.9. The summed E-state index contributed by atoms with van der Waals surface area (Å²) >= 11 is 0. The van der Waals surface area contributed by atoms with Crippen LogP contribution in [0.25, 0.3) is 0 Å². The van der Waals surface area contributed by atoms with Crippen molar-refractivity contribution in [3.05, 3.63) is 30.3 Å². The van der Waals surface area contributed by atoms with Gasteiger partial charge in [-0.3, -0.25) is 0 Å². The van der Waals surface area contributed by atoms with Gasteiger partial charge in [0.15, 0.2) is 0 Å². The van der Waals surface area contributed by atoms with Gasteiger partial charge in [0.2, 0.25) is 0 Å². The molecule has 0 saturated carbocycles. The Morgan fingerprint density at radius 1 is 1.00 bits per heavy atom. The Bertz CT molecular complexity index is 236. The van der Waals surface area contributed by atoms with Crippen LogP contribution in [-0.2, 0) is 0 Å². The molecule has 0 N–H and O–H groups in total. The molecule has 1 heteroatoms. The first-order valence-electron chi connectivity index (χ1n) is 4.60. The molecule has 0 amide bonds. The molecular formula is C11H19P. The zero-order chi connectivity index (χ0) is 9.19. The summed E-state index contributed by atoms with van der Waals surface area (Å²) in [6.45, 7) is 9.54. The average Bonchev–Trinajstić information content (AvgIpc) is 2.06. The maximum atomic E-state index is 2.44. The summed E-state index contributed by atoms with van der Waals surface area (Å²) in [5.74, 6) is 0. The van der Waals surface area contributed by atoms with Gasteiger partial charge in [0.05, 0.1) is 0 Å². The van der Waals surface area contributed by atoms with Gasteiger partial charge in [-0.25, -0.2) is 0 Å². The van der Waals surface area contributed by atoms with Crippen molar-refractivity contribution in [2.24, 2.45) is 0 Å². The van der Waals surface area contributed by atoms with Crippen LogP contribution in [0.15, 0.2) is 30.3 Å². The average molecular weight is 182 g/mol.